The number of nitro groups is 1. The number of imide groups is 1. The van der Waals surface area contributed by atoms with Gasteiger partial charge in [0.1, 0.15) is 0 Å². The van der Waals surface area contributed by atoms with Gasteiger partial charge in [0, 0.05) is 12.1 Å². The second-order valence-electron chi connectivity index (χ2n) is 5.30. The van der Waals surface area contributed by atoms with Gasteiger partial charge < -0.3 is 4.74 Å². The van der Waals surface area contributed by atoms with E-state index in [9.17, 15) is 24.5 Å². The lowest BCUT2D eigenvalue weighted by atomic mass is 10.1. The summed E-state index contributed by atoms with van der Waals surface area (Å²) in [6.07, 6.45) is -0.806. The molecule has 1 aliphatic rings. The van der Waals surface area contributed by atoms with E-state index in [0.717, 1.165) is 17.0 Å². The van der Waals surface area contributed by atoms with Crippen LogP contribution in [-0.4, -0.2) is 29.4 Å². The SMILES string of the molecule is CCOC(=O)Nc1ccc([N+](=O)[O-])cc1N1C(=O)c2ccccc2C1=O. The number of nitro benzene ring substituents is 1. The molecule has 9 nitrogen and oxygen atoms in total. The molecular weight excluding hydrogens is 342 g/mol. The molecule has 0 fully saturated rings. The van der Waals surface area contributed by atoms with E-state index in [1.165, 1.54) is 18.2 Å². The summed E-state index contributed by atoms with van der Waals surface area (Å²) >= 11 is 0. The number of nitrogens with one attached hydrogen (secondary N) is 1. The standard InChI is InChI=1S/C17H13N3O6/c1-2-26-17(23)18-13-8-7-10(20(24)25)9-14(13)19-15(21)11-5-3-4-6-12(11)16(19)22/h3-9H,2H2,1H3,(H,18,23). The Morgan fingerprint density at radius 1 is 1.15 bits per heavy atom. The highest BCUT2D eigenvalue weighted by molar-refractivity contribution is 6.35. The predicted molar refractivity (Wildman–Crippen MR) is 91.3 cm³/mol. The summed E-state index contributed by atoms with van der Waals surface area (Å²) in [5, 5.41) is 13.5. The molecule has 3 amide bonds. The lowest BCUT2D eigenvalue weighted by molar-refractivity contribution is -0.384. The molecule has 0 saturated heterocycles. The van der Waals surface area contributed by atoms with Gasteiger partial charge in [-0.05, 0) is 25.1 Å². The Balaban J connectivity index is 2.09. The van der Waals surface area contributed by atoms with Gasteiger partial charge in [-0.1, -0.05) is 12.1 Å². The molecule has 1 heterocycles. The summed E-state index contributed by atoms with van der Waals surface area (Å²) in [5.41, 5.74) is -0.00911. The number of hydrogen-bond acceptors (Lipinski definition) is 6. The van der Waals surface area contributed by atoms with Gasteiger partial charge in [0.2, 0.25) is 0 Å². The topological polar surface area (TPSA) is 119 Å². The molecule has 1 aliphatic heterocycles. The van der Waals surface area contributed by atoms with E-state index in [0.29, 0.717) is 0 Å². The summed E-state index contributed by atoms with van der Waals surface area (Å²) < 4.78 is 4.78. The number of carbonyl (C=O) groups is 3. The maximum Gasteiger partial charge on any atom is 0.411 e. The van der Waals surface area contributed by atoms with Gasteiger partial charge in [-0.25, -0.2) is 9.69 Å². The molecule has 0 unspecified atom stereocenters. The first-order valence-electron chi connectivity index (χ1n) is 7.64. The fourth-order valence-electron chi connectivity index (χ4n) is 2.61. The average Bonchev–Trinajstić information content (AvgIpc) is 2.87. The second-order valence-corrected chi connectivity index (χ2v) is 5.30. The molecule has 0 radical (unpaired) electrons. The fraction of sp³-hybridized carbons (Fsp3) is 0.118. The third kappa shape index (κ3) is 2.86. The Bertz CT molecular complexity index is 905. The smallest absolute Gasteiger partial charge is 0.411 e. The van der Waals surface area contributed by atoms with Crippen LogP contribution in [0.25, 0.3) is 0 Å². The largest absolute Gasteiger partial charge is 0.450 e. The van der Waals surface area contributed by atoms with Crippen molar-refractivity contribution in [2.24, 2.45) is 0 Å². The first kappa shape index (κ1) is 17.1. The summed E-state index contributed by atoms with van der Waals surface area (Å²) in [6, 6.07) is 9.66. The third-order valence-electron chi connectivity index (χ3n) is 3.74. The summed E-state index contributed by atoms with van der Waals surface area (Å²) in [7, 11) is 0. The van der Waals surface area contributed by atoms with E-state index < -0.39 is 22.8 Å². The van der Waals surface area contributed by atoms with E-state index in [-0.39, 0.29) is 34.8 Å². The zero-order chi connectivity index (χ0) is 18.8. The minimum absolute atomic E-state index is 0.0450. The van der Waals surface area contributed by atoms with Crippen molar-refractivity contribution in [3.05, 3.63) is 63.7 Å². The number of non-ortho nitro benzene ring substituents is 1. The van der Waals surface area contributed by atoms with Crippen molar-refractivity contribution in [3.63, 3.8) is 0 Å². The van der Waals surface area contributed by atoms with Crippen LogP contribution < -0.4 is 10.2 Å². The van der Waals surface area contributed by atoms with Gasteiger partial charge >= 0.3 is 6.09 Å². The van der Waals surface area contributed by atoms with Crippen LogP contribution in [-0.2, 0) is 4.74 Å². The number of benzene rings is 2. The lowest BCUT2D eigenvalue weighted by Crippen LogP contribution is -2.30. The summed E-state index contributed by atoms with van der Waals surface area (Å²) in [5.74, 6) is -1.25. The Kier molecular flexibility index (Phi) is 4.36. The molecular formula is C17H13N3O6. The highest BCUT2D eigenvalue weighted by atomic mass is 16.6. The van der Waals surface area contributed by atoms with Gasteiger partial charge in [-0.2, -0.15) is 0 Å². The highest BCUT2D eigenvalue weighted by Gasteiger charge is 2.38. The Labute approximate surface area is 147 Å². The number of rotatable bonds is 4. The minimum Gasteiger partial charge on any atom is -0.450 e. The first-order valence-corrected chi connectivity index (χ1v) is 7.64. The van der Waals surface area contributed by atoms with Crippen LogP contribution >= 0.6 is 0 Å². The van der Waals surface area contributed by atoms with Crippen molar-refractivity contribution in [2.75, 3.05) is 16.8 Å². The second kappa shape index (κ2) is 6.63. The van der Waals surface area contributed by atoms with E-state index >= 15 is 0 Å². The van der Waals surface area contributed by atoms with E-state index in [2.05, 4.69) is 5.32 Å². The molecule has 1 N–H and O–H groups in total. The molecule has 0 aromatic heterocycles. The average molecular weight is 355 g/mol. The van der Waals surface area contributed by atoms with E-state index in [1.54, 1.807) is 19.1 Å². The number of amides is 3. The third-order valence-corrected chi connectivity index (χ3v) is 3.74. The molecule has 2 aromatic carbocycles. The molecule has 0 saturated carbocycles. The number of fused-ring (bicyclic) bond motifs is 1. The van der Waals surface area contributed by atoms with Crippen LogP contribution in [0.3, 0.4) is 0 Å². The normalized spacial score (nSPS) is 12.7. The monoisotopic (exact) mass is 355 g/mol. The van der Waals surface area contributed by atoms with E-state index in [4.69, 9.17) is 4.74 Å². The number of carbonyl (C=O) groups excluding carboxylic acids is 3. The first-order chi connectivity index (χ1) is 12.4. The summed E-state index contributed by atoms with van der Waals surface area (Å²) in [4.78, 5) is 48.2. The molecule has 0 aliphatic carbocycles. The molecule has 2 aromatic rings. The van der Waals surface area contributed by atoms with Gasteiger partial charge in [-0.15, -0.1) is 0 Å². The van der Waals surface area contributed by atoms with Crippen LogP contribution in [0, 0.1) is 10.1 Å². The van der Waals surface area contributed by atoms with Crippen molar-refractivity contribution >= 4 is 35.0 Å². The van der Waals surface area contributed by atoms with Gasteiger partial charge in [0.05, 0.1) is 34.0 Å². The van der Waals surface area contributed by atoms with Gasteiger partial charge in [-0.3, -0.25) is 25.0 Å². The molecule has 3 rings (SSSR count). The van der Waals surface area contributed by atoms with Crippen molar-refractivity contribution in [1.29, 1.82) is 0 Å². The van der Waals surface area contributed by atoms with Crippen LogP contribution in [0.1, 0.15) is 27.6 Å². The number of anilines is 2. The molecule has 9 heteroatoms. The Hall–Kier alpha value is -3.75. The van der Waals surface area contributed by atoms with Crippen LogP contribution in [0.4, 0.5) is 21.9 Å². The summed E-state index contributed by atoms with van der Waals surface area (Å²) in [6.45, 7) is 1.72. The molecule has 0 bridgehead atoms. The number of ether oxygens (including phenoxy) is 1. The number of nitrogens with zero attached hydrogens (tertiary/aromatic N) is 2. The molecule has 132 valence electrons. The van der Waals surface area contributed by atoms with Crippen LogP contribution in [0.5, 0.6) is 0 Å². The number of hydrogen-bond donors (Lipinski definition) is 1. The van der Waals surface area contributed by atoms with Gasteiger partial charge in [0.25, 0.3) is 17.5 Å². The predicted octanol–water partition coefficient (Wildman–Crippen LogP) is 2.96. The zero-order valence-corrected chi connectivity index (χ0v) is 13.6. The fourth-order valence-corrected chi connectivity index (χ4v) is 2.61. The van der Waals surface area contributed by atoms with Crippen molar-refractivity contribution in [2.45, 2.75) is 6.92 Å². The van der Waals surface area contributed by atoms with Crippen molar-refractivity contribution in [3.8, 4) is 0 Å². The maximum absolute atomic E-state index is 12.6. The lowest BCUT2D eigenvalue weighted by Gasteiger charge is -2.18. The zero-order valence-electron chi connectivity index (χ0n) is 13.6. The minimum atomic E-state index is -0.806. The van der Waals surface area contributed by atoms with Crippen LogP contribution in [0.2, 0.25) is 0 Å². The Morgan fingerprint density at radius 2 is 1.77 bits per heavy atom. The van der Waals surface area contributed by atoms with Gasteiger partial charge in [0.15, 0.2) is 0 Å². The maximum atomic E-state index is 12.6. The quantitative estimate of drug-likeness (QED) is 0.511. The van der Waals surface area contributed by atoms with Crippen molar-refractivity contribution in [1.82, 2.24) is 0 Å². The Morgan fingerprint density at radius 3 is 2.31 bits per heavy atom. The molecule has 0 spiro atoms. The van der Waals surface area contributed by atoms with Crippen LogP contribution in [0.15, 0.2) is 42.5 Å². The van der Waals surface area contributed by atoms with Crippen molar-refractivity contribution < 1.29 is 24.0 Å². The molecule has 0 atom stereocenters. The van der Waals surface area contributed by atoms with E-state index in [1.807, 2.05) is 0 Å². The molecule has 26 heavy (non-hydrogen) atoms. The highest BCUT2D eigenvalue weighted by Crippen LogP contribution is 2.36.